The number of nitrogens with one attached hydrogen (secondary N) is 5. The van der Waals surface area contributed by atoms with Crippen LogP contribution in [0.5, 0.6) is 0 Å². The van der Waals surface area contributed by atoms with E-state index in [-0.39, 0.29) is 10.2 Å². The number of H-pyrrole nitrogens is 1. The summed E-state index contributed by atoms with van der Waals surface area (Å²) in [7, 11) is -6.83. The van der Waals surface area contributed by atoms with Crippen LogP contribution in [0, 0.1) is 0 Å². The van der Waals surface area contributed by atoms with Crippen molar-refractivity contribution in [1.29, 1.82) is 0 Å². The Morgan fingerprint density at radius 1 is 0.870 bits per heavy atom. The number of alkyl halides is 6. The number of nitrogen functional groups attached to an aromatic ring is 2. The number of methoxy groups -OCH3 is 1. The minimum Gasteiger partial charge on any atom is -0.453 e. The lowest BCUT2D eigenvalue weighted by atomic mass is 10.1. The molecule has 46 heavy (non-hydrogen) atoms. The predicted octanol–water partition coefficient (Wildman–Crippen LogP) is 0.454. The second-order valence-corrected chi connectivity index (χ2v) is 12.3. The second kappa shape index (κ2) is 13.1. The van der Waals surface area contributed by atoms with Gasteiger partial charge in [0.2, 0.25) is 20.0 Å². The number of amides is 2. The molecule has 25 heteroatoms. The SMILES string of the molecule is COC(=O)Nc1cc2c(=O)n(NS(C)(=O)=O)c(=O)[nH]c2cc1C(F)(F)F.CS(=O)(=O)NNC(=O)c1cc(N)c(C(F)(F)F)cc1N. The lowest BCUT2D eigenvalue weighted by Crippen LogP contribution is -2.43. The third-order valence-corrected chi connectivity index (χ3v) is 6.13. The maximum Gasteiger partial charge on any atom is 0.418 e. The van der Waals surface area contributed by atoms with Gasteiger partial charge in [0.15, 0.2) is 0 Å². The smallest absolute Gasteiger partial charge is 0.418 e. The molecule has 0 aliphatic heterocycles. The minimum atomic E-state index is -4.93. The van der Waals surface area contributed by atoms with Gasteiger partial charge in [-0.3, -0.25) is 20.3 Å². The van der Waals surface area contributed by atoms with Crippen molar-refractivity contribution in [3.05, 3.63) is 61.8 Å². The number of hydrogen-bond acceptors (Lipinski definition) is 11. The molecule has 0 aliphatic rings. The van der Waals surface area contributed by atoms with Crippen molar-refractivity contribution in [3.8, 4) is 0 Å². The average Bonchev–Trinajstić information content (AvgIpc) is 2.89. The van der Waals surface area contributed by atoms with Crippen molar-refractivity contribution in [1.82, 2.24) is 19.9 Å². The minimum absolute atomic E-state index is 0.0762. The van der Waals surface area contributed by atoms with Gasteiger partial charge >= 0.3 is 24.1 Å². The number of nitrogens with two attached hydrogens (primary N) is 2. The second-order valence-electron chi connectivity index (χ2n) is 8.84. The third-order valence-electron chi connectivity index (χ3n) is 5.14. The van der Waals surface area contributed by atoms with Gasteiger partial charge in [0.1, 0.15) is 0 Å². The van der Waals surface area contributed by atoms with Crippen molar-refractivity contribution >= 4 is 60.0 Å². The molecule has 0 fully saturated rings. The molecule has 0 aliphatic carbocycles. The summed E-state index contributed by atoms with van der Waals surface area (Å²) in [6, 6.07) is 2.31. The molecule has 1 heterocycles. The van der Waals surface area contributed by atoms with Crippen LogP contribution in [0.4, 0.5) is 48.2 Å². The molecular formula is C21H22F6N8O9S2. The van der Waals surface area contributed by atoms with E-state index in [2.05, 4.69) is 4.74 Å². The van der Waals surface area contributed by atoms with E-state index < -0.39 is 94.7 Å². The Balaban J connectivity index is 0.000000332. The van der Waals surface area contributed by atoms with Crippen LogP contribution in [0.3, 0.4) is 0 Å². The van der Waals surface area contributed by atoms with Crippen LogP contribution < -0.4 is 43.1 Å². The van der Waals surface area contributed by atoms with E-state index in [4.69, 9.17) is 11.5 Å². The monoisotopic (exact) mass is 708 g/mol. The van der Waals surface area contributed by atoms with Gasteiger partial charge in [-0.05, 0) is 24.3 Å². The summed E-state index contributed by atoms with van der Waals surface area (Å²) in [5.74, 6) is -1.03. The molecule has 2 aromatic carbocycles. The van der Waals surface area contributed by atoms with Crippen LogP contribution in [0.2, 0.25) is 0 Å². The molecule has 0 saturated heterocycles. The molecule has 0 radical (unpaired) electrons. The van der Waals surface area contributed by atoms with Gasteiger partial charge in [0, 0.05) is 11.4 Å². The van der Waals surface area contributed by atoms with Crippen LogP contribution in [-0.4, -0.2) is 58.1 Å². The Kier molecular flexibility index (Phi) is 10.6. The zero-order valence-electron chi connectivity index (χ0n) is 23.2. The standard InChI is InChI=1S/C12H11F3N4O6S.C9H11F3N4O3S/c1-25-11(22)17-8-3-5-7(4-6(8)12(13,14)15)16-10(21)19(9(5)20)18-26(2,23)24;1-20(18,19)16-15-8(17)4-2-7(14)5(3-6(4)13)9(10,11)12/h3-4,18H,1-2H3,(H,16,21)(H,17,22);2-3,16H,13-14H2,1H3,(H,15,17). The van der Waals surface area contributed by atoms with Gasteiger partial charge in [0.25, 0.3) is 11.5 Å². The summed E-state index contributed by atoms with van der Waals surface area (Å²) in [4.78, 5) is 52.2. The summed E-state index contributed by atoms with van der Waals surface area (Å²) in [5.41, 5.74) is 4.36. The van der Waals surface area contributed by atoms with Gasteiger partial charge in [0.05, 0.1) is 52.9 Å². The Labute approximate surface area is 252 Å². The number of halogens is 6. The first kappa shape index (κ1) is 37.1. The zero-order chi connectivity index (χ0) is 35.6. The number of rotatable bonds is 6. The Bertz CT molecular complexity index is 2030. The van der Waals surface area contributed by atoms with Crippen molar-refractivity contribution in [3.63, 3.8) is 0 Å². The fraction of sp³-hybridized carbons (Fsp3) is 0.238. The van der Waals surface area contributed by atoms with Crippen LogP contribution in [0.1, 0.15) is 21.5 Å². The highest BCUT2D eigenvalue weighted by Crippen LogP contribution is 2.37. The van der Waals surface area contributed by atoms with Crippen LogP contribution in [-0.2, 0) is 37.1 Å². The van der Waals surface area contributed by atoms with E-state index in [1.54, 1.807) is 15.1 Å². The first-order valence-corrected chi connectivity index (χ1v) is 15.3. The molecule has 17 nitrogen and oxygen atoms in total. The normalized spacial score (nSPS) is 12.1. The van der Waals surface area contributed by atoms with Crippen LogP contribution >= 0.6 is 0 Å². The van der Waals surface area contributed by atoms with Gasteiger partial charge in [-0.2, -0.15) is 31.0 Å². The number of carbonyl (C=O) groups excluding carboxylic acids is 2. The molecule has 0 unspecified atom stereocenters. The summed E-state index contributed by atoms with van der Waals surface area (Å²) in [6.07, 6.45) is -9.42. The van der Waals surface area contributed by atoms with E-state index in [1.165, 1.54) is 0 Å². The summed E-state index contributed by atoms with van der Waals surface area (Å²) >= 11 is 0. The Morgan fingerprint density at radius 3 is 1.91 bits per heavy atom. The highest BCUT2D eigenvalue weighted by molar-refractivity contribution is 7.91. The number of aromatic nitrogens is 2. The molecular weight excluding hydrogens is 686 g/mol. The molecule has 1 aromatic heterocycles. The number of sulfonamides is 2. The fourth-order valence-corrected chi connectivity index (χ4v) is 4.07. The number of nitrogens with zero attached hydrogens (tertiary/aromatic N) is 1. The Hall–Kier alpha value is -5.04. The quantitative estimate of drug-likeness (QED) is 0.105. The topological polar surface area (TPSA) is 267 Å². The van der Waals surface area contributed by atoms with Gasteiger partial charge < -0.3 is 21.2 Å². The molecule has 0 bridgehead atoms. The maximum atomic E-state index is 13.2. The largest absolute Gasteiger partial charge is 0.453 e. The number of hydrogen-bond donors (Lipinski definition) is 7. The summed E-state index contributed by atoms with van der Waals surface area (Å²) < 4.78 is 125. The highest BCUT2D eigenvalue weighted by Gasteiger charge is 2.36. The first-order valence-electron chi connectivity index (χ1n) is 11.5. The van der Waals surface area contributed by atoms with Crippen molar-refractivity contribution in [2.24, 2.45) is 0 Å². The first-order chi connectivity index (χ1) is 20.7. The van der Waals surface area contributed by atoms with Crippen molar-refractivity contribution in [2.45, 2.75) is 12.4 Å². The number of hydrazine groups is 1. The molecule has 3 aromatic rings. The van der Waals surface area contributed by atoms with E-state index in [0.29, 0.717) is 24.5 Å². The number of carbonyl (C=O) groups is 2. The van der Waals surface area contributed by atoms with Gasteiger partial charge in [-0.25, -0.2) is 31.3 Å². The molecule has 254 valence electrons. The molecule has 0 atom stereocenters. The Morgan fingerprint density at radius 2 is 1.43 bits per heavy atom. The third kappa shape index (κ3) is 9.73. The van der Waals surface area contributed by atoms with Crippen LogP contribution in [0.15, 0.2) is 33.9 Å². The predicted molar refractivity (Wildman–Crippen MR) is 150 cm³/mol. The molecule has 9 N–H and O–H groups in total. The highest BCUT2D eigenvalue weighted by atomic mass is 32.2. The fourth-order valence-electron chi connectivity index (χ4n) is 3.29. The average molecular weight is 709 g/mol. The van der Waals surface area contributed by atoms with E-state index in [9.17, 15) is 62.4 Å². The van der Waals surface area contributed by atoms with E-state index in [0.717, 1.165) is 19.4 Å². The van der Waals surface area contributed by atoms with Crippen molar-refractivity contribution in [2.75, 3.05) is 41.2 Å². The number of fused-ring (bicyclic) bond motifs is 1. The number of benzene rings is 2. The lowest BCUT2D eigenvalue weighted by molar-refractivity contribution is -0.137. The maximum absolute atomic E-state index is 13.2. The molecule has 0 saturated carbocycles. The van der Waals surface area contributed by atoms with Gasteiger partial charge in [-0.15, -0.1) is 4.83 Å². The number of anilines is 3. The molecule has 0 spiro atoms. The summed E-state index contributed by atoms with van der Waals surface area (Å²) in [5, 5.41) is 1.32. The lowest BCUT2D eigenvalue weighted by Gasteiger charge is -2.15. The summed E-state index contributed by atoms with van der Waals surface area (Å²) in [6.45, 7) is 0. The van der Waals surface area contributed by atoms with E-state index >= 15 is 0 Å². The molecule has 2 amide bonds. The van der Waals surface area contributed by atoms with Gasteiger partial charge in [-0.1, -0.05) is 0 Å². The van der Waals surface area contributed by atoms with Crippen LogP contribution in [0.25, 0.3) is 10.9 Å². The van der Waals surface area contributed by atoms with Crippen molar-refractivity contribution < 1.29 is 57.5 Å². The zero-order valence-corrected chi connectivity index (χ0v) is 24.8. The number of aromatic amines is 1. The van der Waals surface area contributed by atoms with E-state index in [1.807, 2.05) is 10.3 Å². The molecule has 3 rings (SSSR count). The number of ether oxygens (including phenoxy) is 1.